The summed E-state index contributed by atoms with van der Waals surface area (Å²) < 4.78 is 16.1. The summed E-state index contributed by atoms with van der Waals surface area (Å²) in [6, 6.07) is 5.40. The number of aliphatic hydroxyl groups is 3. The zero-order valence-electron chi connectivity index (χ0n) is 18.6. The third kappa shape index (κ3) is 5.76. The van der Waals surface area contributed by atoms with Crippen LogP contribution in [-0.4, -0.2) is 57.8 Å². The van der Waals surface area contributed by atoms with Crippen molar-refractivity contribution in [1.82, 2.24) is 4.98 Å². The summed E-state index contributed by atoms with van der Waals surface area (Å²) in [5.41, 5.74) is 1.78. The van der Waals surface area contributed by atoms with E-state index in [9.17, 15) is 20.1 Å². The molecule has 0 saturated carbocycles. The Kier molecular flexibility index (Phi) is 8.06. The molecule has 0 radical (unpaired) electrons. The SMILES string of the molecule is CC[C@@H](O)[C@@H](C)[C@@H](O)Cc1nc(/C=C/[C@H](O)C[C@@H]2Cc3cccc(OC)c3C(=O)O2)co1. The lowest BCUT2D eigenvalue weighted by Gasteiger charge is -2.26. The molecule has 3 rings (SSSR count). The molecule has 0 bridgehead atoms. The first-order valence-electron chi connectivity index (χ1n) is 10.9. The first-order valence-corrected chi connectivity index (χ1v) is 10.9. The molecular weight excluding hydrogens is 414 g/mol. The molecule has 0 unspecified atom stereocenters. The number of hydrogen-bond acceptors (Lipinski definition) is 8. The van der Waals surface area contributed by atoms with Crippen LogP contribution in [0.3, 0.4) is 0 Å². The molecule has 3 N–H and O–H groups in total. The molecule has 0 amide bonds. The Morgan fingerprint density at radius 2 is 2.06 bits per heavy atom. The molecule has 2 heterocycles. The van der Waals surface area contributed by atoms with Gasteiger partial charge in [-0.2, -0.15) is 0 Å². The third-order valence-corrected chi connectivity index (χ3v) is 5.84. The van der Waals surface area contributed by atoms with Crippen molar-refractivity contribution in [2.45, 2.75) is 63.9 Å². The number of carbonyl (C=O) groups excluding carboxylic acids is 1. The van der Waals surface area contributed by atoms with E-state index in [4.69, 9.17) is 13.9 Å². The number of ether oxygens (including phenoxy) is 2. The molecule has 0 spiro atoms. The number of aromatic nitrogens is 1. The van der Waals surface area contributed by atoms with Crippen LogP contribution >= 0.6 is 0 Å². The van der Waals surface area contributed by atoms with Crippen LogP contribution in [0.4, 0.5) is 0 Å². The second kappa shape index (κ2) is 10.8. The Balaban J connectivity index is 1.55. The minimum Gasteiger partial charge on any atom is -0.496 e. The van der Waals surface area contributed by atoms with E-state index in [0.29, 0.717) is 35.7 Å². The van der Waals surface area contributed by atoms with Gasteiger partial charge in [-0.25, -0.2) is 9.78 Å². The van der Waals surface area contributed by atoms with Gasteiger partial charge in [0.25, 0.3) is 0 Å². The van der Waals surface area contributed by atoms with E-state index in [1.807, 2.05) is 19.1 Å². The fourth-order valence-corrected chi connectivity index (χ4v) is 3.82. The van der Waals surface area contributed by atoms with Crippen molar-refractivity contribution < 1.29 is 34.0 Å². The number of hydrogen-bond donors (Lipinski definition) is 3. The van der Waals surface area contributed by atoms with E-state index in [1.165, 1.54) is 13.4 Å². The topological polar surface area (TPSA) is 122 Å². The smallest absolute Gasteiger partial charge is 0.342 e. The zero-order chi connectivity index (χ0) is 23.3. The highest BCUT2D eigenvalue weighted by molar-refractivity contribution is 5.95. The lowest BCUT2D eigenvalue weighted by Crippen LogP contribution is -2.30. The fraction of sp³-hybridized carbons (Fsp3) is 0.500. The molecular formula is C24H31NO7. The van der Waals surface area contributed by atoms with Gasteiger partial charge in [-0.3, -0.25) is 0 Å². The van der Waals surface area contributed by atoms with Crippen LogP contribution in [0.25, 0.3) is 6.08 Å². The van der Waals surface area contributed by atoms with E-state index >= 15 is 0 Å². The van der Waals surface area contributed by atoms with Crippen molar-refractivity contribution in [3.63, 3.8) is 0 Å². The zero-order valence-corrected chi connectivity index (χ0v) is 18.6. The van der Waals surface area contributed by atoms with Crippen LogP contribution in [0.15, 0.2) is 35.0 Å². The first-order chi connectivity index (χ1) is 15.3. The predicted octanol–water partition coefficient (Wildman–Crippen LogP) is 2.54. The number of cyclic esters (lactones) is 1. The van der Waals surface area contributed by atoms with E-state index in [1.54, 1.807) is 25.1 Å². The minimum absolute atomic E-state index is 0.190. The number of benzene rings is 1. The number of fused-ring (bicyclic) bond motifs is 1. The van der Waals surface area contributed by atoms with Crippen LogP contribution in [0.2, 0.25) is 0 Å². The Bertz CT molecular complexity index is 938. The summed E-state index contributed by atoms with van der Waals surface area (Å²) in [6.45, 7) is 3.64. The monoisotopic (exact) mass is 445 g/mol. The summed E-state index contributed by atoms with van der Waals surface area (Å²) in [7, 11) is 1.51. The van der Waals surface area contributed by atoms with E-state index in [-0.39, 0.29) is 18.8 Å². The van der Waals surface area contributed by atoms with Gasteiger partial charge in [0.05, 0.1) is 31.8 Å². The highest BCUT2D eigenvalue weighted by Gasteiger charge is 2.30. The van der Waals surface area contributed by atoms with Crippen LogP contribution < -0.4 is 4.74 Å². The normalized spacial score (nSPS) is 19.8. The van der Waals surface area contributed by atoms with Crippen LogP contribution in [-0.2, 0) is 17.6 Å². The van der Waals surface area contributed by atoms with E-state index in [2.05, 4.69) is 4.98 Å². The minimum atomic E-state index is -0.842. The molecule has 0 saturated heterocycles. The van der Waals surface area contributed by atoms with Crippen LogP contribution in [0.1, 0.15) is 54.2 Å². The maximum atomic E-state index is 12.4. The van der Waals surface area contributed by atoms with Crippen molar-refractivity contribution in [1.29, 1.82) is 0 Å². The summed E-state index contributed by atoms with van der Waals surface area (Å²) >= 11 is 0. The number of esters is 1. The molecule has 8 nitrogen and oxygen atoms in total. The molecule has 1 aliphatic heterocycles. The molecule has 0 fully saturated rings. The van der Waals surface area contributed by atoms with Gasteiger partial charge in [0, 0.05) is 18.8 Å². The maximum Gasteiger partial charge on any atom is 0.342 e. The van der Waals surface area contributed by atoms with Crippen LogP contribution in [0, 0.1) is 5.92 Å². The Labute approximate surface area is 187 Å². The Hall–Kier alpha value is -2.68. The van der Waals surface area contributed by atoms with Gasteiger partial charge in [-0.05, 0) is 24.1 Å². The Morgan fingerprint density at radius 1 is 1.28 bits per heavy atom. The summed E-state index contributed by atoms with van der Waals surface area (Å²) in [4.78, 5) is 16.7. The Morgan fingerprint density at radius 3 is 2.78 bits per heavy atom. The highest BCUT2D eigenvalue weighted by atomic mass is 16.5. The molecule has 0 aliphatic carbocycles. The predicted molar refractivity (Wildman–Crippen MR) is 117 cm³/mol. The number of nitrogens with zero attached hydrogens (tertiary/aromatic N) is 1. The van der Waals surface area contributed by atoms with Crippen molar-refractivity contribution >= 4 is 12.0 Å². The number of aliphatic hydroxyl groups excluding tert-OH is 3. The van der Waals surface area contributed by atoms with Crippen LogP contribution in [0.5, 0.6) is 5.75 Å². The number of oxazole rings is 1. The van der Waals surface area contributed by atoms with Gasteiger partial charge >= 0.3 is 5.97 Å². The van der Waals surface area contributed by atoms with Gasteiger partial charge in [-0.15, -0.1) is 0 Å². The molecule has 5 atom stereocenters. The highest BCUT2D eigenvalue weighted by Crippen LogP contribution is 2.30. The number of rotatable bonds is 10. The lowest BCUT2D eigenvalue weighted by molar-refractivity contribution is 0.0144. The van der Waals surface area contributed by atoms with Gasteiger partial charge in [0.2, 0.25) is 0 Å². The quantitative estimate of drug-likeness (QED) is 0.477. The van der Waals surface area contributed by atoms with Gasteiger partial charge in [0.15, 0.2) is 5.89 Å². The molecule has 174 valence electrons. The maximum absolute atomic E-state index is 12.4. The molecule has 1 aromatic carbocycles. The summed E-state index contributed by atoms with van der Waals surface area (Å²) in [5, 5.41) is 30.5. The van der Waals surface area contributed by atoms with Gasteiger partial charge in [-0.1, -0.05) is 32.1 Å². The largest absolute Gasteiger partial charge is 0.496 e. The van der Waals surface area contributed by atoms with Crippen molar-refractivity contribution in [2.75, 3.05) is 7.11 Å². The summed E-state index contributed by atoms with van der Waals surface area (Å²) in [6.07, 6.45) is 3.47. The molecule has 1 aromatic heterocycles. The molecule has 32 heavy (non-hydrogen) atoms. The standard InChI is InChI=1S/C24H31NO7/c1-4-19(27)14(2)20(28)12-22-25-16(13-31-22)8-9-17(26)11-18-10-15-6-5-7-21(30-3)23(15)24(29)32-18/h5-9,13-14,17-20,26-28H,4,10-12H2,1-3H3/b9-8+/t14-,17+,18+,19-,20+/m1/s1. The average molecular weight is 446 g/mol. The van der Waals surface area contributed by atoms with Gasteiger partial charge < -0.3 is 29.2 Å². The van der Waals surface area contributed by atoms with Gasteiger partial charge in [0.1, 0.15) is 29.4 Å². The van der Waals surface area contributed by atoms with Crippen molar-refractivity contribution in [3.8, 4) is 5.75 Å². The second-order valence-electron chi connectivity index (χ2n) is 8.16. The number of carbonyl (C=O) groups is 1. The lowest BCUT2D eigenvalue weighted by atomic mass is 9.94. The molecule has 1 aliphatic rings. The van der Waals surface area contributed by atoms with E-state index < -0.39 is 30.4 Å². The van der Waals surface area contributed by atoms with E-state index in [0.717, 1.165) is 5.56 Å². The summed E-state index contributed by atoms with van der Waals surface area (Å²) in [5.74, 6) is 0.0912. The molecule has 2 aromatic rings. The molecule has 8 heteroatoms. The average Bonchev–Trinajstić information content (AvgIpc) is 3.23. The fourth-order valence-electron chi connectivity index (χ4n) is 3.82. The van der Waals surface area contributed by atoms with Crippen molar-refractivity contribution in [2.24, 2.45) is 5.92 Å². The number of methoxy groups -OCH3 is 1. The second-order valence-corrected chi connectivity index (χ2v) is 8.16. The third-order valence-electron chi connectivity index (χ3n) is 5.84. The van der Waals surface area contributed by atoms with Crippen molar-refractivity contribution in [3.05, 3.63) is 53.2 Å². The first kappa shape index (κ1) is 24.0.